The topological polar surface area (TPSA) is 78.0 Å². The Kier molecular flexibility index (Phi) is 5.21. The summed E-state index contributed by atoms with van der Waals surface area (Å²) < 4.78 is 1.64. The van der Waals surface area contributed by atoms with Gasteiger partial charge in [0.1, 0.15) is 11.9 Å². The second kappa shape index (κ2) is 7.56. The zero-order chi connectivity index (χ0) is 18.7. The predicted octanol–water partition coefficient (Wildman–Crippen LogP) is 1.98. The van der Waals surface area contributed by atoms with Crippen molar-refractivity contribution in [2.24, 2.45) is 13.0 Å². The van der Waals surface area contributed by atoms with Crippen LogP contribution < -0.4 is 4.90 Å². The summed E-state index contributed by atoms with van der Waals surface area (Å²) in [6.45, 7) is 4.37. The lowest BCUT2D eigenvalue weighted by Crippen LogP contribution is -2.40. The van der Waals surface area contributed by atoms with Crippen LogP contribution >= 0.6 is 0 Å². The van der Waals surface area contributed by atoms with E-state index in [0.717, 1.165) is 44.0 Å². The van der Waals surface area contributed by atoms with E-state index >= 15 is 0 Å². The molecule has 26 heavy (non-hydrogen) atoms. The Hall–Kier alpha value is -2.88. The maximum absolute atomic E-state index is 12.5. The SMILES string of the molecule is Cc1ccc(C#N)c(N2CCC(CN(C)C(=O)c3cnn(C)c3)CC2)n1. The molecular weight excluding hydrogens is 328 g/mol. The maximum Gasteiger partial charge on any atom is 0.256 e. The fourth-order valence-corrected chi connectivity index (χ4v) is 3.42. The smallest absolute Gasteiger partial charge is 0.256 e. The third-order valence-electron chi connectivity index (χ3n) is 4.88. The number of piperidine rings is 1. The lowest BCUT2D eigenvalue weighted by Gasteiger charge is -2.35. The number of amides is 1. The first kappa shape index (κ1) is 17.9. The van der Waals surface area contributed by atoms with Gasteiger partial charge < -0.3 is 9.80 Å². The van der Waals surface area contributed by atoms with Gasteiger partial charge in [-0.1, -0.05) is 0 Å². The molecule has 1 aliphatic heterocycles. The van der Waals surface area contributed by atoms with E-state index in [0.29, 0.717) is 17.0 Å². The van der Waals surface area contributed by atoms with Gasteiger partial charge >= 0.3 is 0 Å². The van der Waals surface area contributed by atoms with Gasteiger partial charge in [0.05, 0.1) is 17.3 Å². The van der Waals surface area contributed by atoms with Crippen molar-refractivity contribution in [2.45, 2.75) is 19.8 Å². The van der Waals surface area contributed by atoms with Crippen LogP contribution in [0, 0.1) is 24.2 Å². The summed E-state index contributed by atoms with van der Waals surface area (Å²) in [5, 5.41) is 13.4. The van der Waals surface area contributed by atoms with E-state index in [1.54, 1.807) is 29.0 Å². The number of hydrogen-bond donors (Lipinski definition) is 0. The second-order valence-corrected chi connectivity index (χ2v) is 6.95. The first-order valence-electron chi connectivity index (χ1n) is 8.84. The van der Waals surface area contributed by atoms with Crippen molar-refractivity contribution in [2.75, 3.05) is 31.6 Å². The van der Waals surface area contributed by atoms with E-state index in [2.05, 4.69) is 21.1 Å². The second-order valence-electron chi connectivity index (χ2n) is 6.95. The van der Waals surface area contributed by atoms with Crippen LogP contribution in [-0.4, -0.2) is 52.3 Å². The van der Waals surface area contributed by atoms with Crippen LogP contribution in [0.2, 0.25) is 0 Å². The number of anilines is 1. The molecule has 7 heteroatoms. The van der Waals surface area contributed by atoms with E-state index in [4.69, 9.17) is 0 Å². The van der Waals surface area contributed by atoms with Gasteiger partial charge in [-0.05, 0) is 37.8 Å². The van der Waals surface area contributed by atoms with Crippen LogP contribution in [0.25, 0.3) is 0 Å². The molecule has 0 aliphatic carbocycles. The average molecular weight is 352 g/mol. The molecule has 0 radical (unpaired) electrons. The Labute approximate surface area is 153 Å². The van der Waals surface area contributed by atoms with E-state index in [1.165, 1.54) is 0 Å². The van der Waals surface area contributed by atoms with Crippen molar-refractivity contribution in [3.05, 3.63) is 41.3 Å². The maximum atomic E-state index is 12.5. The number of aromatic nitrogens is 3. The van der Waals surface area contributed by atoms with Crippen LogP contribution in [0.4, 0.5) is 5.82 Å². The molecule has 1 amide bonds. The van der Waals surface area contributed by atoms with Crippen molar-refractivity contribution < 1.29 is 4.79 Å². The van der Waals surface area contributed by atoms with Crippen molar-refractivity contribution in [1.29, 1.82) is 5.26 Å². The zero-order valence-corrected chi connectivity index (χ0v) is 15.5. The van der Waals surface area contributed by atoms with Crippen LogP contribution in [-0.2, 0) is 7.05 Å². The fourth-order valence-electron chi connectivity index (χ4n) is 3.42. The van der Waals surface area contributed by atoms with E-state index in [-0.39, 0.29) is 5.91 Å². The van der Waals surface area contributed by atoms with E-state index < -0.39 is 0 Å². The number of rotatable bonds is 4. The Bertz CT molecular complexity index is 829. The zero-order valence-electron chi connectivity index (χ0n) is 15.5. The molecule has 1 saturated heterocycles. The number of carbonyl (C=O) groups excluding carboxylic acids is 1. The number of carbonyl (C=O) groups is 1. The molecule has 0 saturated carbocycles. The molecule has 0 aromatic carbocycles. The lowest BCUT2D eigenvalue weighted by molar-refractivity contribution is 0.0765. The Morgan fingerprint density at radius 3 is 2.73 bits per heavy atom. The summed E-state index contributed by atoms with van der Waals surface area (Å²) in [6, 6.07) is 5.94. The largest absolute Gasteiger partial charge is 0.355 e. The third-order valence-corrected chi connectivity index (χ3v) is 4.88. The molecule has 2 aromatic rings. The van der Waals surface area contributed by atoms with Gasteiger partial charge in [-0.15, -0.1) is 0 Å². The van der Waals surface area contributed by atoms with E-state index in [1.807, 2.05) is 26.1 Å². The molecule has 1 fully saturated rings. The van der Waals surface area contributed by atoms with E-state index in [9.17, 15) is 10.1 Å². The molecule has 0 spiro atoms. The summed E-state index contributed by atoms with van der Waals surface area (Å²) in [6.07, 6.45) is 5.30. The highest BCUT2D eigenvalue weighted by atomic mass is 16.2. The molecular formula is C19H24N6O. The molecule has 7 nitrogen and oxygen atoms in total. The molecule has 0 bridgehead atoms. The summed E-state index contributed by atoms with van der Waals surface area (Å²) in [4.78, 5) is 21.0. The lowest BCUT2D eigenvalue weighted by atomic mass is 9.96. The molecule has 0 unspecified atom stereocenters. The fraction of sp³-hybridized carbons (Fsp3) is 0.474. The third kappa shape index (κ3) is 3.85. The predicted molar refractivity (Wildman–Crippen MR) is 98.8 cm³/mol. The standard InChI is InChI=1S/C19H24N6O/c1-14-4-5-16(10-20)18(22-14)25-8-6-15(7-9-25)12-23(2)19(26)17-11-21-24(3)13-17/h4-5,11,13,15H,6-9,12H2,1-3H3. The van der Waals surface area contributed by atoms with Crippen molar-refractivity contribution in [1.82, 2.24) is 19.7 Å². The Balaban J connectivity index is 1.58. The minimum Gasteiger partial charge on any atom is -0.355 e. The Morgan fingerprint density at radius 2 is 2.12 bits per heavy atom. The normalized spacial score (nSPS) is 14.9. The summed E-state index contributed by atoms with van der Waals surface area (Å²) in [5.74, 6) is 1.24. The number of hydrogen-bond acceptors (Lipinski definition) is 5. The highest BCUT2D eigenvalue weighted by molar-refractivity contribution is 5.93. The van der Waals surface area contributed by atoms with Gasteiger partial charge in [-0.25, -0.2) is 4.98 Å². The minimum atomic E-state index is 0.00708. The van der Waals surface area contributed by atoms with Crippen LogP contribution in [0.3, 0.4) is 0 Å². The number of nitriles is 1. The average Bonchev–Trinajstić information content (AvgIpc) is 3.08. The quantitative estimate of drug-likeness (QED) is 0.841. The van der Waals surface area contributed by atoms with Gasteiger partial charge in [-0.2, -0.15) is 10.4 Å². The monoisotopic (exact) mass is 352 g/mol. The highest BCUT2D eigenvalue weighted by Crippen LogP contribution is 2.25. The molecule has 136 valence electrons. The van der Waals surface area contributed by atoms with Gasteiger partial charge in [0, 0.05) is 45.6 Å². The van der Waals surface area contributed by atoms with Crippen molar-refractivity contribution >= 4 is 11.7 Å². The summed E-state index contributed by atoms with van der Waals surface area (Å²) in [7, 11) is 3.65. The van der Waals surface area contributed by atoms with Gasteiger partial charge in [0.2, 0.25) is 0 Å². The summed E-state index contributed by atoms with van der Waals surface area (Å²) in [5.41, 5.74) is 2.16. The molecule has 0 N–H and O–H groups in total. The molecule has 2 aromatic heterocycles. The first-order chi connectivity index (χ1) is 12.5. The Morgan fingerprint density at radius 1 is 1.38 bits per heavy atom. The highest BCUT2D eigenvalue weighted by Gasteiger charge is 2.25. The van der Waals surface area contributed by atoms with Gasteiger partial charge in [-0.3, -0.25) is 9.48 Å². The number of aryl methyl sites for hydroxylation is 2. The molecule has 1 aliphatic rings. The molecule has 3 heterocycles. The van der Waals surface area contributed by atoms with Crippen LogP contribution in [0.1, 0.15) is 34.5 Å². The van der Waals surface area contributed by atoms with Crippen molar-refractivity contribution in [3.8, 4) is 6.07 Å². The number of nitrogens with zero attached hydrogens (tertiary/aromatic N) is 6. The first-order valence-corrected chi connectivity index (χ1v) is 8.84. The number of pyridine rings is 1. The minimum absolute atomic E-state index is 0.00708. The van der Waals surface area contributed by atoms with Crippen molar-refractivity contribution in [3.63, 3.8) is 0 Å². The molecule has 3 rings (SSSR count). The van der Waals surface area contributed by atoms with Gasteiger partial charge in [0.25, 0.3) is 5.91 Å². The van der Waals surface area contributed by atoms with Crippen LogP contribution in [0.5, 0.6) is 0 Å². The van der Waals surface area contributed by atoms with Crippen LogP contribution in [0.15, 0.2) is 24.5 Å². The molecule has 0 atom stereocenters. The van der Waals surface area contributed by atoms with Gasteiger partial charge in [0.15, 0.2) is 0 Å². The summed E-state index contributed by atoms with van der Waals surface area (Å²) >= 11 is 0.